The maximum Gasteiger partial charge on any atom is 2.00 e. The molecule has 2 saturated carbocycles. The number of ketones is 2. The van der Waals surface area contributed by atoms with Crippen molar-refractivity contribution in [3.05, 3.63) is 87.5 Å². The van der Waals surface area contributed by atoms with Crippen molar-refractivity contribution in [2.75, 3.05) is 33.6 Å². The molecule has 3 rings (SSSR count). The fraction of sp³-hybridized carbons (Fsp3) is 0.231. The average Bonchev–Trinajstić information content (AvgIpc) is 3.55. The summed E-state index contributed by atoms with van der Waals surface area (Å²) in [6.45, 7) is 0. The normalized spacial score (nSPS) is 16.0. The molecule has 0 aliphatic heterocycles. The molecule has 2 fully saturated rings. The molecule has 0 aromatic heterocycles. The van der Waals surface area contributed by atoms with Gasteiger partial charge < -0.3 is 10.6 Å². The van der Waals surface area contributed by atoms with E-state index in [1.165, 1.54) is 23.5 Å². The van der Waals surface area contributed by atoms with Crippen LogP contribution in [0.4, 0.5) is 11.4 Å². The van der Waals surface area contributed by atoms with E-state index in [1.807, 2.05) is 25.7 Å². The van der Waals surface area contributed by atoms with Gasteiger partial charge in [0.1, 0.15) is 11.6 Å². The van der Waals surface area contributed by atoms with Crippen LogP contribution in [0.15, 0.2) is 24.3 Å². The number of para-hydroxylation sites is 2. The van der Waals surface area contributed by atoms with Crippen LogP contribution >= 0.6 is 23.5 Å². The molecule has 9 heteroatoms. The number of hydrogen-bond donors (Lipinski definition) is 2. The van der Waals surface area contributed by atoms with Crippen LogP contribution in [-0.4, -0.2) is 46.4 Å². The third-order valence-corrected chi connectivity index (χ3v) is 6.78. The van der Waals surface area contributed by atoms with Gasteiger partial charge in [-0.3, -0.25) is 19.2 Å². The molecule has 2 N–H and O–H groups in total. The molecule has 0 bridgehead atoms. The maximum absolute atomic E-state index is 12.3. The third-order valence-electron chi connectivity index (χ3n) is 4.86. The monoisotopic (exact) mass is 550 g/mol. The van der Waals surface area contributed by atoms with Crippen molar-refractivity contribution in [1.82, 2.24) is 0 Å². The van der Waals surface area contributed by atoms with E-state index < -0.39 is 0 Å². The van der Waals surface area contributed by atoms with Crippen LogP contribution in [0.3, 0.4) is 0 Å². The molecule has 35 heavy (non-hydrogen) atoms. The van der Waals surface area contributed by atoms with Crippen molar-refractivity contribution >= 4 is 58.3 Å². The first-order chi connectivity index (χ1) is 16.5. The van der Waals surface area contributed by atoms with Gasteiger partial charge in [0.25, 0.3) is 0 Å². The molecule has 2 aliphatic carbocycles. The molecule has 1 aromatic rings. The van der Waals surface area contributed by atoms with Crippen molar-refractivity contribution in [1.29, 1.82) is 0 Å². The minimum Gasteiger partial charge on any atom is -0.324 e. The first-order valence-electron chi connectivity index (χ1n) is 10.9. The fourth-order valence-corrected chi connectivity index (χ4v) is 4.60. The second-order valence-electron chi connectivity index (χ2n) is 7.44. The molecule has 10 radical (unpaired) electrons. The number of amides is 2. The standard InChI is InChI=1S/C26H26N2O4S2.Fe/c29-23(19-7-1-2-8-19)13-15-33-17-25(31)27-21-11-5-6-12-22(21)28-26(32)18-34-16-14-24(30)20-9-3-4-10-20;/h1-12H,13-18H2,(H,27,31)(H,28,32);/q;+2. The summed E-state index contributed by atoms with van der Waals surface area (Å²) in [5, 5.41) is 5.64. The molecule has 2 aliphatic rings. The number of Topliss-reactive ketones (excluding diaryl/α,β-unsaturated/α-hetero) is 2. The summed E-state index contributed by atoms with van der Waals surface area (Å²) in [7, 11) is 0. The van der Waals surface area contributed by atoms with Gasteiger partial charge in [-0.15, -0.1) is 0 Å². The van der Waals surface area contributed by atoms with Gasteiger partial charge in [-0.1, -0.05) is 12.1 Å². The minimum atomic E-state index is -0.201. The Morgan fingerprint density at radius 2 is 1.00 bits per heavy atom. The van der Waals surface area contributed by atoms with E-state index in [9.17, 15) is 19.2 Å². The van der Waals surface area contributed by atoms with Crippen molar-refractivity contribution in [2.45, 2.75) is 12.8 Å². The van der Waals surface area contributed by atoms with Crippen molar-refractivity contribution in [3.63, 3.8) is 0 Å². The van der Waals surface area contributed by atoms with Crippen LogP contribution in [0.2, 0.25) is 0 Å². The largest absolute Gasteiger partial charge is 2.00 e. The fourth-order valence-electron chi connectivity index (χ4n) is 3.14. The van der Waals surface area contributed by atoms with Gasteiger partial charge in [-0.05, 0) is 63.5 Å². The number of hydrogen-bond acceptors (Lipinski definition) is 6. The van der Waals surface area contributed by atoms with E-state index in [0.717, 1.165) is 0 Å². The number of rotatable bonds is 14. The summed E-state index contributed by atoms with van der Waals surface area (Å²) in [4.78, 5) is 48.7. The minimum absolute atomic E-state index is 0. The number of nitrogens with one attached hydrogen (secondary N) is 2. The van der Waals surface area contributed by atoms with Crippen LogP contribution in [0.1, 0.15) is 12.8 Å². The Kier molecular flexibility index (Phi) is 14.1. The molecule has 0 heterocycles. The first kappa shape index (κ1) is 29.9. The Morgan fingerprint density at radius 3 is 1.37 bits per heavy atom. The Labute approximate surface area is 227 Å². The number of benzene rings is 1. The predicted octanol–water partition coefficient (Wildman–Crippen LogP) is 3.76. The summed E-state index contributed by atoms with van der Waals surface area (Å²) in [6, 6.07) is 7.01. The van der Waals surface area contributed by atoms with E-state index in [2.05, 4.69) is 10.6 Å². The molecule has 0 unspecified atom stereocenters. The summed E-state index contributed by atoms with van der Waals surface area (Å²) in [5.74, 6) is 2.66. The molecule has 2 amide bonds. The van der Waals surface area contributed by atoms with E-state index in [-0.39, 0.29) is 52.0 Å². The zero-order valence-corrected chi connectivity index (χ0v) is 21.7. The second kappa shape index (κ2) is 16.5. The van der Waals surface area contributed by atoms with Gasteiger partial charge in [0, 0.05) is 36.2 Å². The second-order valence-corrected chi connectivity index (χ2v) is 9.65. The van der Waals surface area contributed by atoms with Crippen LogP contribution < -0.4 is 10.6 Å². The topological polar surface area (TPSA) is 92.3 Å². The van der Waals surface area contributed by atoms with Gasteiger partial charge in [0.05, 0.1) is 22.9 Å². The van der Waals surface area contributed by atoms with E-state index >= 15 is 0 Å². The van der Waals surface area contributed by atoms with Gasteiger partial charge in [-0.2, -0.15) is 23.5 Å². The van der Waals surface area contributed by atoms with Gasteiger partial charge >= 0.3 is 17.1 Å². The molecule has 0 atom stereocenters. The third kappa shape index (κ3) is 10.7. The van der Waals surface area contributed by atoms with Crippen LogP contribution in [-0.2, 0) is 36.2 Å². The Hall–Kier alpha value is -1.28. The van der Waals surface area contributed by atoms with Crippen LogP contribution in [0, 0.1) is 63.2 Å². The van der Waals surface area contributed by atoms with Gasteiger partial charge in [0.2, 0.25) is 11.8 Å². The van der Waals surface area contributed by atoms with Crippen molar-refractivity contribution in [3.8, 4) is 0 Å². The maximum atomic E-state index is 12.3. The van der Waals surface area contributed by atoms with Crippen molar-refractivity contribution in [2.24, 2.45) is 0 Å². The zero-order chi connectivity index (χ0) is 24.2. The SMILES string of the molecule is O=C(CSCCC(=O)[C]1[CH][CH][CH][CH]1)Nc1ccccc1NC(=O)CSCCC(=O)[C]1[CH][CH][CH][CH]1.[Fe+2]. The average molecular weight is 550 g/mol. The molecular weight excluding hydrogens is 524 g/mol. The van der Waals surface area contributed by atoms with Crippen LogP contribution in [0.5, 0.6) is 0 Å². The number of carbonyl (C=O) groups is 4. The van der Waals surface area contributed by atoms with Gasteiger partial charge in [0.15, 0.2) is 0 Å². The van der Waals surface area contributed by atoms with E-state index in [4.69, 9.17) is 0 Å². The van der Waals surface area contributed by atoms with E-state index in [0.29, 0.717) is 47.6 Å². The smallest absolute Gasteiger partial charge is 0.324 e. The Balaban J connectivity index is 0.00000432. The Bertz CT molecular complexity index is 787. The molecule has 182 valence electrons. The molecule has 1 aromatic carbocycles. The summed E-state index contributed by atoms with van der Waals surface area (Å²) in [5.41, 5.74) is 1.04. The predicted molar refractivity (Wildman–Crippen MR) is 138 cm³/mol. The van der Waals surface area contributed by atoms with Crippen molar-refractivity contribution < 1.29 is 36.2 Å². The summed E-state index contributed by atoms with van der Waals surface area (Å²) >= 11 is 2.78. The quantitative estimate of drug-likeness (QED) is 0.271. The molecular formula is C26H26FeN2O4S2+2. The van der Waals surface area contributed by atoms with Gasteiger partial charge in [-0.25, -0.2) is 0 Å². The molecule has 0 saturated heterocycles. The Morgan fingerprint density at radius 1 is 0.629 bits per heavy atom. The van der Waals surface area contributed by atoms with Crippen LogP contribution in [0.25, 0.3) is 0 Å². The molecule has 0 spiro atoms. The number of anilines is 2. The summed E-state index contributed by atoms with van der Waals surface area (Å²) in [6.07, 6.45) is 15.2. The number of thioether (sulfide) groups is 2. The summed E-state index contributed by atoms with van der Waals surface area (Å²) < 4.78 is 0. The molecule has 6 nitrogen and oxygen atoms in total. The number of carbonyl (C=O) groups excluding carboxylic acids is 4. The van der Waals surface area contributed by atoms with E-state index in [1.54, 1.807) is 49.9 Å². The first-order valence-corrected chi connectivity index (χ1v) is 13.2. The zero-order valence-electron chi connectivity index (χ0n) is 19.0.